The molecule has 0 aromatic carbocycles. The van der Waals surface area contributed by atoms with Crippen molar-refractivity contribution >= 4 is 11.4 Å². The molecule has 2 atom stereocenters. The summed E-state index contributed by atoms with van der Waals surface area (Å²) >= 11 is 0. The predicted octanol–water partition coefficient (Wildman–Crippen LogP) is 2.26. The number of hydrogen-bond acceptors (Lipinski definition) is 3. The lowest BCUT2D eigenvalue weighted by atomic mass is 9.72. The molecular weight excluding hydrogens is 176 g/mol. The smallest absolute Gasteiger partial charge is 0.123 e. The molecule has 0 bridgehead atoms. The maximum atomic E-state index is 8.84. The van der Waals surface area contributed by atoms with Crippen molar-refractivity contribution in [2.45, 2.75) is 25.7 Å². The van der Waals surface area contributed by atoms with Crippen molar-refractivity contribution in [1.82, 2.24) is 0 Å². The van der Waals surface area contributed by atoms with E-state index in [9.17, 15) is 0 Å². The van der Waals surface area contributed by atoms with Gasteiger partial charge in [0.15, 0.2) is 0 Å². The quantitative estimate of drug-likeness (QED) is 0.464. The van der Waals surface area contributed by atoms with Crippen LogP contribution in [0.15, 0.2) is 22.3 Å². The lowest BCUT2D eigenvalue weighted by Crippen LogP contribution is -2.34. The second kappa shape index (κ2) is 3.95. The number of aliphatic imine (C=N–C) groups is 1. The number of rotatable bonds is 0. The molecule has 2 aliphatic rings. The van der Waals surface area contributed by atoms with Crippen LogP contribution < -0.4 is 0 Å². The molecule has 0 spiro atoms. The number of fused-ring (bicyclic) bond motifs is 1. The average molecular weight is 192 g/mol. The van der Waals surface area contributed by atoms with Crippen molar-refractivity contribution in [3.63, 3.8) is 0 Å². The van der Waals surface area contributed by atoms with E-state index in [4.69, 9.17) is 5.21 Å². The molecule has 3 nitrogen and oxygen atoms in total. The van der Waals surface area contributed by atoms with Crippen molar-refractivity contribution < 1.29 is 5.21 Å². The van der Waals surface area contributed by atoms with Crippen LogP contribution in [0.4, 0.5) is 0 Å². The van der Waals surface area contributed by atoms with E-state index in [0.29, 0.717) is 17.5 Å². The Morgan fingerprint density at radius 1 is 1.36 bits per heavy atom. The molecule has 0 amide bonds. The van der Waals surface area contributed by atoms with E-state index in [-0.39, 0.29) is 0 Å². The summed E-state index contributed by atoms with van der Waals surface area (Å²) < 4.78 is 0. The summed E-state index contributed by atoms with van der Waals surface area (Å²) in [6, 6.07) is 0. The van der Waals surface area contributed by atoms with Gasteiger partial charge in [-0.05, 0) is 24.8 Å². The lowest BCUT2D eigenvalue weighted by molar-refractivity contribution is 0.317. The molecule has 0 aromatic heterocycles. The molecule has 3 heteroatoms. The number of oxime groups is 1. The molecule has 0 saturated heterocycles. The van der Waals surface area contributed by atoms with Crippen LogP contribution in [0.3, 0.4) is 0 Å². The van der Waals surface area contributed by atoms with Gasteiger partial charge in [0.25, 0.3) is 0 Å². The van der Waals surface area contributed by atoms with Gasteiger partial charge in [-0.1, -0.05) is 24.1 Å². The molecule has 1 N–H and O–H groups in total. The number of nitrogens with zero attached hydrogens (tertiary/aromatic N) is 2. The van der Waals surface area contributed by atoms with Crippen LogP contribution in [0.1, 0.15) is 25.7 Å². The van der Waals surface area contributed by atoms with Crippen molar-refractivity contribution in [3.8, 4) is 0 Å². The summed E-state index contributed by atoms with van der Waals surface area (Å²) in [6.45, 7) is 0. The highest BCUT2D eigenvalue weighted by molar-refractivity contribution is 6.47. The SMILES string of the molecule is CN=C1/C(=N\O)C=C[C@@H]2CCCC[C@@H]12. The Morgan fingerprint density at radius 2 is 2.14 bits per heavy atom. The normalized spacial score (nSPS) is 37.5. The summed E-state index contributed by atoms with van der Waals surface area (Å²) in [4.78, 5) is 4.26. The molecule has 0 radical (unpaired) electrons. The molecule has 0 aromatic rings. The van der Waals surface area contributed by atoms with Gasteiger partial charge in [0, 0.05) is 13.0 Å². The fourth-order valence-corrected chi connectivity index (χ4v) is 2.58. The van der Waals surface area contributed by atoms with Gasteiger partial charge in [0.1, 0.15) is 5.71 Å². The van der Waals surface area contributed by atoms with E-state index in [1.807, 2.05) is 6.08 Å². The van der Waals surface area contributed by atoms with Gasteiger partial charge in [-0.15, -0.1) is 0 Å². The summed E-state index contributed by atoms with van der Waals surface area (Å²) in [7, 11) is 1.78. The maximum Gasteiger partial charge on any atom is 0.123 e. The molecule has 2 rings (SSSR count). The Kier molecular flexibility index (Phi) is 2.66. The van der Waals surface area contributed by atoms with Crippen LogP contribution in [-0.2, 0) is 0 Å². The van der Waals surface area contributed by atoms with Crippen molar-refractivity contribution in [1.29, 1.82) is 0 Å². The standard InChI is InChI=1S/C11H16N2O/c1-12-11-9-5-3-2-4-8(9)6-7-10(11)13-14/h6-9,14H,2-5H2,1H3/b12-11?,13-10-/t8-,9+/m0/s1. The Bertz CT molecular complexity index is 304. The van der Waals surface area contributed by atoms with E-state index in [1.54, 1.807) is 7.05 Å². The van der Waals surface area contributed by atoms with Crippen LogP contribution in [0.5, 0.6) is 0 Å². The molecule has 2 aliphatic carbocycles. The van der Waals surface area contributed by atoms with Gasteiger partial charge < -0.3 is 5.21 Å². The van der Waals surface area contributed by atoms with Gasteiger partial charge >= 0.3 is 0 Å². The minimum absolute atomic E-state index is 0.490. The number of hydrogen-bond donors (Lipinski definition) is 1. The van der Waals surface area contributed by atoms with E-state index >= 15 is 0 Å². The third-order valence-corrected chi connectivity index (χ3v) is 3.28. The van der Waals surface area contributed by atoms with Crippen LogP contribution in [0.25, 0.3) is 0 Å². The second-order valence-electron chi connectivity index (χ2n) is 4.01. The van der Waals surface area contributed by atoms with Gasteiger partial charge in [-0.3, -0.25) is 4.99 Å². The Balaban J connectivity index is 2.32. The predicted molar refractivity (Wildman–Crippen MR) is 57.2 cm³/mol. The van der Waals surface area contributed by atoms with E-state index in [1.165, 1.54) is 25.7 Å². The number of allylic oxidation sites excluding steroid dienone is 2. The van der Waals surface area contributed by atoms with Crippen LogP contribution in [0.2, 0.25) is 0 Å². The molecule has 0 heterocycles. The summed E-state index contributed by atoms with van der Waals surface area (Å²) in [5.74, 6) is 1.11. The highest BCUT2D eigenvalue weighted by atomic mass is 16.4. The molecule has 14 heavy (non-hydrogen) atoms. The zero-order valence-electron chi connectivity index (χ0n) is 8.48. The second-order valence-corrected chi connectivity index (χ2v) is 4.01. The maximum absolute atomic E-state index is 8.84. The van der Waals surface area contributed by atoms with Gasteiger partial charge in [0.05, 0.1) is 5.71 Å². The first kappa shape index (κ1) is 9.44. The van der Waals surface area contributed by atoms with Crippen molar-refractivity contribution in [2.75, 3.05) is 7.05 Å². The van der Waals surface area contributed by atoms with Gasteiger partial charge in [-0.2, -0.15) is 0 Å². The zero-order valence-corrected chi connectivity index (χ0v) is 8.48. The summed E-state index contributed by atoms with van der Waals surface area (Å²) in [6.07, 6.45) is 9.09. The third-order valence-electron chi connectivity index (χ3n) is 3.28. The topological polar surface area (TPSA) is 45.0 Å². The first-order valence-corrected chi connectivity index (χ1v) is 5.24. The average Bonchev–Trinajstić information content (AvgIpc) is 2.27. The molecule has 0 aliphatic heterocycles. The van der Waals surface area contributed by atoms with E-state index in [0.717, 1.165) is 5.71 Å². The van der Waals surface area contributed by atoms with Gasteiger partial charge in [0.2, 0.25) is 0 Å². The fraction of sp³-hybridized carbons (Fsp3) is 0.636. The first-order valence-electron chi connectivity index (χ1n) is 5.24. The summed E-state index contributed by atoms with van der Waals surface area (Å²) in [5.41, 5.74) is 1.63. The Morgan fingerprint density at radius 3 is 2.86 bits per heavy atom. The molecule has 1 saturated carbocycles. The Labute approximate surface area is 84.2 Å². The van der Waals surface area contributed by atoms with E-state index < -0.39 is 0 Å². The van der Waals surface area contributed by atoms with Crippen LogP contribution in [-0.4, -0.2) is 23.7 Å². The highest BCUT2D eigenvalue weighted by Crippen LogP contribution is 2.34. The molecule has 1 fully saturated rings. The minimum Gasteiger partial charge on any atom is -0.410 e. The lowest BCUT2D eigenvalue weighted by Gasteiger charge is -2.33. The Hall–Kier alpha value is -1.12. The highest BCUT2D eigenvalue weighted by Gasteiger charge is 2.32. The largest absolute Gasteiger partial charge is 0.410 e. The summed E-state index contributed by atoms with van der Waals surface area (Å²) in [5, 5.41) is 12.1. The van der Waals surface area contributed by atoms with Gasteiger partial charge in [-0.25, -0.2) is 0 Å². The van der Waals surface area contributed by atoms with Crippen LogP contribution in [0, 0.1) is 11.8 Å². The zero-order chi connectivity index (χ0) is 9.97. The fourth-order valence-electron chi connectivity index (χ4n) is 2.58. The minimum atomic E-state index is 0.490. The molecule has 76 valence electrons. The molecular formula is C11H16N2O. The monoisotopic (exact) mass is 192 g/mol. The third kappa shape index (κ3) is 1.47. The van der Waals surface area contributed by atoms with E-state index in [2.05, 4.69) is 16.2 Å². The van der Waals surface area contributed by atoms with Crippen molar-refractivity contribution in [3.05, 3.63) is 12.2 Å². The van der Waals surface area contributed by atoms with Crippen molar-refractivity contribution in [2.24, 2.45) is 22.0 Å². The molecule has 0 unspecified atom stereocenters. The first-order chi connectivity index (χ1) is 6.86. The van der Waals surface area contributed by atoms with Crippen LogP contribution >= 0.6 is 0 Å².